The van der Waals surface area contributed by atoms with Gasteiger partial charge >= 0.3 is 0 Å². The predicted octanol–water partition coefficient (Wildman–Crippen LogP) is 4.36. The molecule has 34 heavy (non-hydrogen) atoms. The normalized spacial score (nSPS) is 21.1. The van der Waals surface area contributed by atoms with Gasteiger partial charge in [-0.15, -0.1) is 0 Å². The van der Waals surface area contributed by atoms with E-state index in [-0.39, 0.29) is 17.1 Å². The summed E-state index contributed by atoms with van der Waals surface area (Å²) in [5.41, 5.74) is 2.77. The van der Waals surface area contributed by atoms with Crippen molar-refractivity contribution in [2.75, 3.05) is 39.4 Å². The molecule has 0 bridgehead atoms. The number of hydrogen-bond acceptors (Lipinski definition) is 4. The van der Waals surface area contributed by atoms with E-state index in [1.165, 1.54) is 6.07 Å². The van der Waals surface area contributed by atoms with Gasteiger partial charge in [0.15, 0.2) is 5.11 Å². The Bertz CT molecular complexity index is 1140. The summed E-state index contributed by atoms with van der Waals surface area (Å²) in [6.45, 7) is 5.34. The molecule has 9 heteroatoms. The molecular formula is C25H27ClFN5OS. The van der Waals surface area contributed by atoms with Crippen molar-refractivity contribution in [3.8, 4) is 5.69 Å². The fourth-order valence-corrected chi connectivity index (χ4v) is 5.27. The molecule has 4 heterocycles. The first-order valence-corrected chi connectivity index (χ1v) is 12.3. The Morgan fingerprint density at radius 3 is 2.74 bits per heavy atom. The van der Waals surface area contributed by atoms with Crippen molar-refractivity contribution < 1.29 is 9.13 Å². The van der Waals surface area contributed by atoms with Crippen LogP contribution in [-0.4, -0.2) is 63.9 Å². The van der Waals surface area contributed by atoms with Gasteiger partial charge in [0.05, 0.1) is 36.0 Å². The highest BCUT2D eigenvalue weighted by atomic mass is 35.5. The second-order valence-corrected chi connectivity index (χ2v) is 9.32. The molecule has 2 aliphatic rings. The largest absolute Gasteiger partial charge is 0.379 e. The highest BCUT2D eigenvalue weighted by Gasteiger charge is 2.41. The van der Waals surface area contributed by atoms with Crippen LogP contribution in [0.15, 0.2) is 60.9 Å². The molecule has 0 amide bonds. The van der Waals surface area contributed by atoms with E-state index in [2.05, 4.69) is 30.7 Å². The molecule has 2 saturated heterocycles. The van der Waals surface area contributed by atoms with Gasteiger partial charge in [0.1, 0.15) is 5.82 Å². The fourth-order valence-electron chi connectivity index (χ4n) is 4.76. The summed E-state index contributed by atoms with van der Waals surface area (Å²) in [5, 5.41) is 4.32. The quantitative estimate of drug-likeness (QED) is 0.487. The third-order valence-corrected chi connectivity index (χ3v) is 7.08. The second-order valence-electron chi connectivity index (χ2n) is 8.53. The number of nitrogens with one attached hydrogen (secondary N) is 1. The maximum atomic E-state index is 13.8. The van der Waals surface area contributed by atoms with Gasteiger partial charge in [-0.25, -0.2) is 4.39 Å². The Labute approximate surface area is 209 Å². The summed E-state index contributed by atoms with van der Waals surface area (Å²) in [4.78, 5) is 9.31. The number of rotatable bonds is 7. The van der Waals surface area contributed by atoms with Crippen molar-refractivity contribution in [1.29, 1.82) is 0 Å². The number of pyridine rings is 1. The zero-order valence-corrected chi connectivity index (χ0v) is 20.3. The fraction of sp³-hybridized carbons (Fsp3) is 0.360. The van der Waals surface area contributed by atoms with E-state index >= 15 is 0 Å². The summed E-state index contributed by atoms with van der Waals surface area (Å²) >= 11 is 11.9. The number of thiocarbonyl (C=S) groups is 1. The maximum Gasteiger partial charge on any atom is 0.170 e. The number of benzene rings is 1. The van der Waals surface area contributed by atoms with Gasteiger partial charge < -0.3 is 19.5 Å². The Hall–Kier alpha value is -2.52. The molecule has 1 aromatic carbocycles. The van der Waals surface area contributed by atoms with Crippen molar-refractivity contribution in [3.63, 3.8) is 0 Å². The molecule has 178 valence electrons. The number of morpholine rings is 1. The standard InChI is InChI=1S/C25H27ClFN5OS/c26-19-17-18(7-8-20(19)27)31-11-3-6-22(31)24-23(21-5-1-2-9-28-21)29-25(34)32(24)12-4-10-30-13-15-33-16-14-30/h1-3,5-9,11,17,23-24H,4,10,12-16H2,(H,29,34)/t23-,24-/m1/s1. The molecule has 0 radical (unpaired) electrons. The summed E-state index contributed by atoms with van der Waals surface area (Å²) in [6.07, 6.45) is 4.76. The molecule has 0 aliphatic carbocycles. The molecule has 2 aromatic heterocycles. The van der Waals surface area contributed by atoms with Crippen molar-refractivity contribution in [3.05, 3.63) is 83.2 Å². The van der Waals surface area contributed by atoms with E-state index in [4.69, 9.17) is 28.6 Å². The average Bonchev–Trinajstić information content (AvgIpc) is 3.47. The van der Waals surface area contributed by atoms with E-state index in [1.807, 2.05) is 30.5 Å². The lowest BCUT2D eigenvalue weighted by molar-refractivity contribution is 0.0365. The highest BCUT2D eigenvalue weighted by Crippen LogP contribution is 2.39. The Balaban J connectivity index is 1.45. The maximum absolute atomic E-state index is 13.8. The zero-order valence-electron chi connectivity index (χ0n) is 18.7. The van der Waals surface area contributed by atoms with Crippen LogP contribution in [0.4, 0.5) is 4.39 Å². The minimum atomic E-state index is -0.432. The second kappa shape index (κ2) is 10.4. The van der Waals surface area contributed by atoms with E-state index in [1.54, 1.807) is 18.3 Å². The van der Waals surface area contributed by atoms with E-state index in [0.717, 1.165) is 62.9 Å². The molecule has 1 N–H and O–H groups in total. The van der Waals surface area contributed by atoms with Crippen molar-refractivity contribution >= 4 is 28.9 Å². The van der Waals surface area contributed by atoms with Crippen LogP contribution in [0.5, 0.6) is 0 Å². The molecule has 0 saturated carbocycles. The Morgan fingerprint density at radius 1 is 1.12 bits per heavy atom. The van der Waals surface area contributed by atoms with Crippen molar-refractivity contribution in [2.45, 2.75) is 18.5 Å². The zero-order chi connectivity index (χ0) is 23.5. The van der Waals surface area contributed by atoms with Crippen LogP contribution in [-0.2, 0) is 4.74 Å². The number of hydrogen-bond donors (Lipinski definition) is 1. The summed E-state index contributed by atoms with van der Waals surface area (Å²) in [6, 6.07) is 14.6. The first-order valence-electron chi connectivity index (χ1n) is 11.5. The van der Waals surface area contributed by atoms with Gasteiger partial charge in [0.25, 0.3) is 0 Å². The molecule has 3 aromatic rings. The van der Waals surface area contributed by atoms with Crippen molar-refractivity contribution in [2.24, 2.45) is 0 Å². The Kier molecular flexibility index (Phi) is 7.10. The molecule has 6 nitrogen and oxygen atoms in total. The smallest absolute Gasteiger partial charge is 0.170 e. The summed E-state index contributed by atoms with van der Waals surface area (Å²) in [5.74, 6) is -0.432. The number of halogens is 2. The van der Waals surface area contributed by atoms with Crippen LogP contribution in [0.1, 0.15) is 29.9 Å². The van der Waals surface area contributed by atoms with Gasteiger partial charge in [0, 0.05) is 50.0 Å². The molecule has 2 fully saturated rings. The first kappa shape index (κ1) is 23.2. The lowest BCUT2D eigenvalue weighted by atomic mass is 10.0. The molecule has 2 aliphatic heterocycles. The lowest BCUT2D eigenvalue weighted by Gasteiger charge is -2.31. The molecule has 0 spiro atoms. The van der Waals surface area contributed by atoms with Crippen LogP contribution >= 0.6 is 23.8 Å². The average molecular weight is 500 g/mol. The van der Waals surface area contributed by atoms with E-state index in [0.29, 0.717) is 5.11 Å². The summed E-state index contributed by atoms with van der Waals surface area (Å²) in [7, 11) is 0. The first-order chi connectivity index (χ1) is 16.6. The minimum absolute atomic E-state index is 0.0779. The monoisotopic (exact) mass is 499 g/mol. The number of nitrogens with zero attached hydrogens (tertiary/aromatic N) is 4. The minimum Gasteiger partial charge on any atom is -0.379 e. The number of aromatic nitrogens is 2. The SMILES string of the molecule is Fc1ccc(-n2cccc2[C@@H]2[C@@H](c3ccccn3)NC(=S)N2CCCN2CCOCC2)cc1Cl. The molecular weight excluding hydrogens is 473 g/mol. The van der Waals surface area contributed by atoms with Crippen LogP contribution in [0.25, 0.3) is 5.69 Å². The van der Waals surface area contributed by atoms with Crippen LogP contribution in [0, 0.1) is 5.82 Å². The topological polar surface area (TPSA) is 45.6 Å². The third kappa shape index (κ3) is 4.81. The van der Waals surface area contributed by atoms with Gasteiger partial charge in [-0.05, 0) is 61.1 Å². The van der Waals surface area contributed by atoms with Crippen LogP contribution < -0.4 is 5.32 Å². The van der Waals surface area contributed by atoms with Crippen LogP contribution in [0.2, 0.25) is 5.02 Å². The lowest BCUT2D eigenvalue weighted by Crippen LogP contribution is -2.39. The van der Waals surface area contributed by atoms with Gasteiger partial charge in [-0.3, -0.25) is 9.88 Å². The highest BCUT2D eigenvalue weighted by molar-refractivity contribution is 7.80. The van der Waals surface area contributed by atoms with Gasteiger partial charge in [-0.1, -0.05) is 17.7 Å². The summed E-state index contributed by atoms with van der Waals surface area (Å²) < 4.78 is 21.4. The predicted molar refractivity (Wildman–Crippen MR) is 135 cm³/mol. The van der Waals surface area contributed by atoms with Crippen molar-refractivity contribution in [1.82, 2.24) is 24.7 Å². The van der Waals surface area contributed by atoms with E-state index < -0.39 is 5.82 Å². The third-order valence-electron chi connectivity index (χ3n) is 6.44. The van der Waals surface area contributed by atoms with E-state index in [9.17, 15) is 4.39 Å². The molecule has 2 atom stereocenters. The number of ether oxygens (including phenoxy) is 1. The van der Waals surface area contributed by atoms with Crippen LogP contribution in [0.3, 0.4) is 0 Å². The van der Waals surface area contributed by atoms with Gasteiger partial charge in [0.2, 0.25) is 0 Å². The molecule has 5 rings (SSSR count). The molecule has 0 unspecified atom stereocenters. The Morgan fingerprint density at radius 2 is 1.97 bits per heavy atom. The van der Waals surface area contributed by atoms with Gasteiger partial charge in [-0.2, -0.15) is 0 Å².